The van der Waals surface area contributed by atoms with Crippen molar-refractivity contribution in [3.63, 3.8) is 0 Å². The van der Waals surface area contributed by atoms with Gasteiger partial charge in [-0.15, -0.1) is 0 Å². The highest BCUT2D eigenvalue weighted by atomic mass is 16.3. The van der Waals surface area contributed by atoms with Gasteiger partial charge >= 0.3 is 0 Å². The zero-order valence-corrected chi connectivity index (χ0v) is 12.3. The predicted octanol–water partition coefficient (Wildman–Crippen LogP) is 4.12. The Morgan fingerprint density at radius 2 is 1.56 bits per heavy atom. The summed E-state index contributed by atoms with van der Waals surface area (Å²) >= 11 is 0. The van der Waals surface area contributed by atoms with Crippen molar-refractivity contribution in [3.8, 4) is 0 Å². The lowest BCUT2D eigenvalue weighted by Crippen LogP contribution is -2.31. The smallest absolute Gasteiger partial charge is 0.0548 e. The van der Waals surface area contributed by atoms with Crippen molar-refractivity contribution in [2.45, 2.75) is 59.5 Å². The number of aliphatic hydroxyl groups excluding tert-OH is 1. The van der Waals surface area contributed by atoms with E-state index >= 15 is 0 Å². The largest absolute Gasteiger partial charge is 0.393 e. The summed E-state index contributed by atoms with van der Waals surface area (Å²) < 4.78 is 0. The highest BCUT2D eigenvalue weighted by Crippen LogP contribution is 2.43. The maximum Gasteiger partial charge on any atom is 0.0548 e. The van der Waals surface area contributed by atoms with Gasteiger partial charge in [-0.2, -0.15) is 0 Å². The molecule has 100 valence electrons. The molecule has 0 aliphatic heterocycles. The van der Waals surface area contributed by atoms with E-state index < -0.39 is 0 Å². The van der Waals surface area contributed by atoms with Crippen LogP contribution in [0, 0.1) is 32.6 Å². The zero-order valence-electron chi connectivity index (χ0n) is 12.3. The van der Waals surface area contributed by atoms with E-state index in [2.05, 4.69) is 46.8 Å². The molecule has 2 rings (SSSR count). The van der Waals surface area contributed by atoms with Crippen molar-refractivity contribution in [2.75, 3.05) is 0 Å². The summed E-state index contributed by atoms with van der Waals surface area (Å²) in [7, 11) is 0. The van der Waals surface area contributed by atoms with Crippen molar-refractivity contribution in [2.24, 2.45) is 11.8 Å². The first-order valence-electron chi connectivity index (χ1n) is 7.16. The molecule has 0 spiro atoms. The molecule has 0 aromatic heterocycles. The quantitative estimate of drug-likeness (QED) is 0.790. The third-order valence-corrected chi connectivity index (χ3v) is 4.81. The van der Waals surface area contributed by atoms with Gasteiger partial charge in [-0.05, 0) is 68.1 Å². The molecule has 1 heteroatoms. The molecule has 4 atom stereocenters. The Kier molecular flexibility index (Phi) is 3.82. The first kappa shape index (κ1) is 13.6. The van der Waals surface area contributed by atoms with Crippen LogP contribution in [0.4, 0.5) is 0 Å². The maximum atomic E-state index is 10.1. The summed E-state index contributed by atoms with van der Waals surface area (Å²) in [6, 6.07) is 4.56. The minimum absolute atomic E-state index is 0.124. The van der Waals surface area contributed by atoms with Crippen LogP contribution in [0.15, 0.2) is 12.1 Å². The molecule has 0 heterocycles. The van der Waals surface area contributed by atoms with Gasteiger partial charge < -0.3 is 5.11 Å². The third-order valence-electron chi connectivity index (χ3n) is 4.81. The lowest BCUT2D eigenvalue weighted by Gasteiger charge is -2.38. The average molecular weight is 246 g/mol. The molecule has 1 aliphatic rings. The van der Waals surface area contributed by atoms with E-state index in [9.17, 15) is 5.11 Å². The molecule has 0 saturated heterocycles. The van der Waals surface area contributed by atoms with Gasteiger partial charge in [0, 0.05) is 0 Å². The molecule has 1 N–H and O–H groups in total. The molecule has 0 bridgehead atoms. The minimum Gasteiger partial charge on any atom is -0.393 e. The molecule has 0 amide bonds. The van der Waals surface area contributed by atoms with Crippen LogP contribution >= 0.6 is 0 Å². The van der Waals surface area contributed by atoms with Gasteiger partial charge in [0.05, 0.1) is 6.10 Å². The third kappa shape index (κ3) is 2.47. The van der Waals surface area contributed by atoms with E-state index in [1.807, 2.05) is 0 Å². The number of aryl methyl sites for hydroxylation is 3. The predicted molar refractivity (Wildman–Crippen MR) is 77.0 cm³/mol. The topological polar surface area (TPSA) is 20.2 Å². The molecule has 1 aromatic rings. The van der Waals surface area contributed by atoms with Crippen LogP contribution in [-0.4, -0.2) is 11.2 Å². The van der Waals surface area contributed by atoms with Crippen molar-refractivity contribution in [1.82, 2.24) is 0 Å². The monoisotopic (exact) mass is 246 g/mol. The van der Waals surface area contributed by atoms with E-state index in [0.29, 0.717) is 17.8 Å². The molecular weight excluding hydrogens is 220 g/mol. The van der Waals surface area contributed by atoms with Crippen molar-refractivity contribution < 1.29 is 5.11 Å². The van der Waals surface area contributed by atoms with Gasteiger partial charge in [0.2, 0.25) is 0 Å². The van der Waals surface area contributed by atoms with E-state index in [1.165, 1.54) is 22.3 Å². The SMILES string of the molecule is Cc1cc(C)c([C@@H]2C[C@H](O)CC(C)C2C)c(C)c1. The fourth-order valence-electron chi connectivity index (χ4n) is 3.80. The lowest BCUT2D eigenvalue weighted by atomic mass is 9.68. The van der Waals surface area contributed by atoms with Gasteiger partial charge in [0.25, 0.3) is 0 Å². The number of aliphatic hydroxyl groups is 1. The van der Waals surface area contributed by atoms with Gasteiger partial charge in [0.1, 0.15) is 0 Å². The average Bonchev–Trinajstić information content (AvgIpc) is 2.23. The van der Waals surface area contributed by atoms with Gasteiger partial charge in [0.15, 0.2) is 0 Å². The van der Waals surface area contributed by atoms with Crippen LogP contribution in [0.2, 0.25) is 0 Å². The van der Waals surface area contributed by atoms with E-state index in [0.717, 1.165) is 12.8 Å². The standard InChI is InChI=1S/C17H26O/c1-10-6-12(3)17(13(4)7-10)16-9-15(18)8-11(2)14(16)5/h6-7,11,14-16,18H,8-9H2,1-5H3/t11?,14?,15-,16-/m1/s1. The molecule has 1 aliphatic carbocycles. The lowest BCUT2D eigenvalue weighted by molar-refractivity contribution is 0.0649. The molecule has 1 saturated carbocycles. The highest BCUT2D eigenvalue weighted by Gasteiger charge is 2.34. The van der Waals surface area contributed by atoms with Crippen LogP contribution in [0.25, 0.3) is 0 Å². The molecular formula is C17H26O. The fraction of sp³-hybridized carbons (Fsp3) is 0.647. The van der Waals surface area contributed by atoms with Crippen LogP contribution in [-0.2, 0) is 0 Å². The summed E-state index contributed by atoms with van der Waals surface area (Å²) in [5.41, 5.74) is 5.61. The Hall–Kier alpha value is -0.820. The molecule has 2 unspecified atom stereocenters. The van der Waals surface area contributed by atoms with E-state index in [-0.39, 0.29) is 6.10 Å². The Bertz CT molecular complexity index is 412. The van der Waals surface area contributed by atoms with E-state index in [4.69, 9.17) is 0 Å². The minimum atomic E-state index is -0.124. The number of benzene rings is 1. The van der Waals surface area contributed by atoms with Crippen LogP contribution < -0.4 is 0 Å². The normalized spacial score (nSPS) is 32.6. The molecule has 1 fully saturated rings. The van der Waals surface area contributed by atoms with Crippen molar-refractivity contribution in [1.29, 1.82) is 0 Å². The Morgan fingerprint density at radius 3 is 2.11 bits per heavy atom. The maximum absolute atomic E-state index is 10.1. The van der Waals surface area contributed by atoms with E-state index in [1.54, 1.807) is 0 Å². The first-order chi connectivity index (χ1) is 8.40. The number of rotatable bonds is 1. The van der Waals surface area contributed by atoms with Crippen LogP contribution in [0.1, 0.15) is 54.9 Å². The molecule has 1 nitrogen and oxygen atoms in total. The highest BCUT2D eigenvalue weighted by molar-refractivity contribution is 5.40. The summed E-state index contributed by atoms with van der Waals surface area (Å²) in [5, 5.41) is 10.1. The number of hydrogen-bond acceptors (Lipinski definition) is 1. The summed E-state index contributed by atoms with van der Waals surface area (Å²) in [6.45, 7) is 11.2. The Morgan fingerprint density at radius 1 is 1.00 bits per heavy atom. The molecule has 1 aromatic carbocycles. The second-order valence-electron chi connectivity index (χ2n) is 6.38. The summed E-state index contributed by atoms with van der Waals surface area (Å²) in [4.78, 5) is 0. The van der Waals surface area contributed by atoms with Gasteiger partial charge in [-0.3, -0.25) is 0 Å². The van der Waals surface area contributed by atoms with Gasteiger partial charge in [-0.1, -0.05) is 31.5 Å². The molecule has 18 heavy (non-hydrogen) atoms. The first-order valence-corrected chi connectivity index (χ1v) is 7.16. The van der Waals surface area contributed by atoms with Crippen LogP contribution in [0.3, 0.4) is 0 Å². The second kappa shape index (κ2) is 5.05. The van der Waals surface area contributed by atoms with Crippen molar-refractivity contribution >= 4 is 0 Å². The number of hydrogen-bond donors (Lipinski definition) is 1. The summed E-state index contributed by atoms with van der Waals surface area (Å²) in [6.07, 6.45) is 1.76. The second-order valence-corrected chi connectivity index (χ2v) is 6.38. The summed E-state index contributed by atoms with van der Waals surface area (Å²) in [5.74, 6) is 1.79. The molecule has 0 radical (unpaired) electrons. The van der Waals surface area contributed by atoms with Crippen molar-refractivity contribution in [3.05, 3.63) is 34.4 Å². The Balaban J connectivity index is 2.41. The van der Waals surface area contributed by atoms with Gasteiger partial charge in [-0.25, -0.2) is 0 Å². The Labute approximate surface area is 111 Å². The van der Waals surface area contributed by atoms with Crippen LogP contribution in [0.5, 0.6) is 0 Å². The fourth-order valence-corrected chi connectivity index (χ4v) is 3.80. The zero-order chi connectivity index (χ0) is 13.4.